The van der Waals surface area contributed by atoms with Crippen LogP contribution in [0.2, 0.25) is 0 Å². The molecule has 2 aromatic carbocycles. The van der Waals surface area contributed by atoms with Crippen molar-refractivity contribution in [3.63, 3.8) is 0 Å². The molecule has 0 saturated carbocycles. The highest BCUT2D eigenvalue weighted by molar-refractivity contribution is 6.64. The number of halogens is 1. The van der Waals surface area contributed by atoms with Crippen molar-refractivity contribution in [1.82, 2.24) is 0 Å². The lowest BCUT2D eigenvalue weighted by Gasteiger charge is -2.32. The Morgan fingerprint density at radius 1 is 1.06 bits per heavy atom. The fourth-order valence-corrected chi connectivity index (χ4v) is 3.21. The van der Waals surface area contributed by atoms with Crippen molar-refractivity contribution in [3.8, 4) is 11.1 Å². The predicted octanol–water partition coefficient (Wildman–Crippen LogP) is 5.30. The van der Waals surface area contributed by atoms with Crippen molar-refractivity contribution in [1.29, 1.82) is 0 Å². The molecule has 0 atom stereocenters. The molecule has 1 fully saturated rings. The maximum absolute atomic E-state index is 14.4. The van der Waals surface area contributed by atoms with Gasteiger partial charge in [0, 0.05) is 0 Å². The lowest BCUT2D eigenvalue weighted by molar-refractivity contribution is 0.00578. The van der Waals surface area contributed by atoms with Crippen LogP contribution in [0.1, 0.15) is 58.8 Å². The van der Waals surface area contributed by atoms with E-state index in [0.717, 1.165) is 0 Å². The molecular weight excluding hydrogens is 396 g/mol. The van der Waals surface area contributed by atoms with E-state index in [1.807, 2.05) is 27.7 Å². The third kappa shape index (κ3) is 4.66. The van der Waals surface area contributed by atoms with Crippen molar-refractivity contribution in [2.45, 2.75) is 65.3 Å². The van der Waals surface area contributed by atoms with Gasteiger partial charge in [-0.05, 0) is 83.3 Å². The summed E-state index contributed by atoms with van der Waals surface area (Å²) in [6.07, 6.45) is 0. The van der Waals surface area contributed by atoms with Crippen molar-refractivity contribution < 1.29 is 23.2 Å². The lowest BCUT2D eigenvalue weighted by Crippen LogP contribution is -2.41. The van der Waals surface area contributed by atoms with E-state index < -0.39 is 35.7 Å². The Balaban J connectivity index is 2.12. The molecule has 0 spiro atoms. The van der Waals surface area contributed by atoms with E-state index >= 15 is 0 Å². The molecular formula is C24H27BFNO4. The summed E-state index contributed by atoms with van der Waals surface area (Å²) in [5.74, 6) is -1.11. The van der Waals surface area contributed by atoms with Gasteiger partial charge in [0.05, 0.1) is 23.3 Å². The molecule has 0 radical (unpaired) electrons. The maximum atomic E-state index is 14.4. The van der Waals surface area contributed by atoms with Crippen LogP contribution >= 0.6 is 0 Å². The Morgan fingerprint density at radius 2 is 1.68 bits per heavy atom. The first kappa shape index (κ1) is 23.0. The highest BCUT2D eigenvalue weighted by Gasteiger charge is 2.52. The summed E-state index contributed by atoms with van der Waals surface area (Å²) in [6, 6.07) is 9.42. The summed E-state index contributed by atoms with van der Waals surface area (Å²) < 4.78 is 32.3. The van der Waals surface area contributed by atoms with E-state index in [9.17, 15) is 9.18 Å². The zero-order chi connectivity index (χ0) is 23.2. The summed E-state index contributed by atoms with van der Waals surface area (Å²) in [6.45, 7) is 20.3. The normalized spacial score (nSPS) is 17.3. The van der Waals surface area contributed by atoms with Gasteiger partial charge in [0.2, 0.25) is 5.69 Å². The number of benzene rings is 2. The second-order valence-electron chi connectivity index (χ2n) is 9.67. The predicted molar refractivity (Wildman–Crippen MR) is 119 cm³/mol. The van der Waals surface area contributed by atoms with Crippen LogP contribution in [0.15, 0.2) is 36.4 Å². The molecule has 1 aliphatic heterocycles. The Hall–Kier alpha value is -2.69. The number of carbonyl (C=O) groups is 1. The van der Waals surface area contributed by atoms with E-state index in [4.69, 9.17) is 20.6 Å². The van der Waals surface area contributed by atoms with Gasteiger partial charge in [-0.2, -0.15) is 0 Å². The van der Waals surface area contributed by atoms with Gasteiger partial charge in [0.1, 0.15) is 11.4 Å². The summed E-state index contributed by atoms with van der Waals surface area (Å²) in [4.78, 5) is 15.8. The molecule has 3 rings (SSSR count). The molecule has 0 aromatic heterocycles. The van der Waals surface area contributed by atoms with E-state index in [2.05, 4.69) is 4.85 Å². The fourth-order valence-electron chi connectivity index (χ4n) is 3.21. The van der Waals surface area contributed by atoms with Crippen molar-refractivity contribution >= 4 is 24.2 Å². The van der Waals surface area contributed by atoms with Gasteiger partial charge in [0.25, 0.3) is 0 Å². The summed E-state index contributed by atoms with van der Waals surface area (Å²) >= 11 is 0. The molecule has 1 aliphatic rings. The Bertz CT molecular complexity index is 1050. The van der Waals surface area contributed by atoms with E-state index in [0.29, 0.717) is 22.2 Å². The lowest BCUT2D eigenvalue weighted by atomic mass is 9.74. The average molecular weight is 423 g/mol. The fraction of sp³-hybridized carbons (Fsp3) is 0.417. The molecule has 31 heavy (non-hydrogen) atoms. The molecule has 162 valence electrons. The van der Waals surface area contributed by atoms with Gasteiger partial charge in [0.15, 0.2) is 0 Å². The number of rotatable bonds is 3. The van der Waals surface area contributed by atoms with Gasteiger partial charge in [-0.1, -0.05) is 18.2 Å². The van der Waals surface area contributed by atoms with Gasteiger partial charge < -0.3 is 14.0 Å². The SMILES string of the molecule is [C-]#[N+]c1ccc(-c2cc(C(=O)OC(C)(C)C)ccc2B2OC(C)(C)C(C)(C)O2)cc1F. The highest BCUT2D eigenvalue weighted by Crippen LogP contribution is 2.37. The minimum atomic E-state index is -0.698. The number of esters is 1. The second kappa shape index (κ2) is 7.78. The van der Waals surface area contributed by atoms with E-state index in [1.54, 1.807) is 45.0 Å². The van der Waals surface area contributed by atoms with Gasteiger partial charge in [-0.3, -0.25) is 0 Å². The standard InChI is InChI=1S/C24H27BFNO4/c1-22(2,3)29-21(28)16-9-11-18(25-30-23(4,5)24(6,7)31-25)17(13-16)15-10-12-20(27-8)19(26)14-15/h9-14H,1-7H3. The molecule has 0 aliphatic carbocycles. The van der Waals surface area contributed by atoms with Crippen molar-refractivity contribution in [2.75, 3.05) is 0 Å². The van der Waals surface area contributed by atoms with Crippen LogP contribution in [0.3, 0.4) is 0 Å². The van der Waals surface area contributed by atoms with Crippen LogP contribution in [0, 0.1) is 12.4 Å². The number of nitrogens with zero attached hydrogens (tertiary/aromatic N) is 1. The molecule has 1 saturated heterocycles. The first-order valence-corrected chi connectivity index (χ1v) is 10.1. The third-order valence-corrected chi connectivity index (χ3v) is 5.57. The zero-order valence-corrected chi connectivity index (χ0v) is 19.0. The molecule has 0 bridgehead atoms. The van der Waals surface area contributed by atoms with Crippen LogP contribution in [0.4, 0.5) is 10.1 Å². The van der Waals surface area contributed by atoms with Gasteiger partial charge in [-0.25, -0.2) is 14.0 Å². The summed E-state index contributed by atoms with van der Waals surface area (Å²) in [5.41, 5.74) is 0.267. The summed E-state index contributed by atoms with van der Waals surface area (Å²) in [7, 11) is -0.698. The maximum Gasteiger partial charge on any atom is 0.495 e. The molecule has 1 heterocycles. The highest BCUT2D eigenvalue weighted by atomic mass is 19.1. The molecule has 2 aromatic rings. The molecule has 0 N–H and O–H groups in total. The topological polar surface area (TPSA) is 49.1 Å². The number of hydrogen-bond acceptors (Lipinski definition) is 4. The quantitative estimate of drug-likeness (QED) is 0.382. The molecule has 0 unspecified atom stereocenters. The molecule has 0 amide bonds. The number of hydrogen-bond donors (Lipinski definition) is 0. The molecule has 7 heteroatoms. The second-order valence-corrected chi connectivity index (χ2v) is 9.67. The Labute approximate surface area is 183 Å². The summed E-state index contributed by atoms with van der Waals surface area (Å²) in [5, 5.41) is 0. The zero-order valence-electron chi connectivity index (χ0n) is 19.0. The smallest absolute Gasteiger partial charge is 0.456 e. The first-order chi connectivity index (χ1) is 14.2. The van der Waals surface area contributed by atoms with E-state index in [1.165, 1.54) is 12.1 Å². The largest absolute Gasteiger partial charge is 0.495 e. The van der Waals surface area contributed by atoms with E-state index in [-0.39, 0.29) is 5.69 Å². The minimum absolute atomic E-state index is 0.0655. The van der Waals surface area contributed by atoms with Crippen LogP contribution in [0.25, 0.3) is 16.0 Å². The van der Waals surface area contributed by atoms with Crippen LogP contribution in [0.5, 0.6) is 0 Å². The van der Waals surface area contributed by atoms with Gasteiger partial charge >= 0.3 is 13.1 Å². The van der Waals surface area contributed by atoms with Crippen LogP contribution < -0.4 is 5.46 Å². The Morgan fingerprint density at radius 3 is 2.19 bits per heavy atom. The van der Waals surface area contributed by atoms with Crippen molar-refractivity contribution in [2.24, 2.45) is 0 Å². The number of ether oxygens (including phenoxy) is 1. The third-order valence-electron chi connectivity index (χ3n) is 5.57. The first-order valence-electron chi connectivity index (χ1n) is 10.1. The molecule has 5 nitrogen and oxygen atoms in total. The van der Waals surface area contributed by atoms with Gasteiger partial charge in [-0.15, -0.1) is 0 Å². The Kier molecular flexibility index (Phi) is 5.77. The number of carbonyl (C=O) groups excluding carboxylic acids is 1. The monoisotopic (exact) mass is 423 g/mol. The van der Waals surface area contributed by atoms with Crippen molar-refractivity contribution in [3.05, 3.63) is 59.2 Å². The van der Waals surface area contributed by atoms with Crippen LogP contribution in [-0.4, -0.2) is 29.9 Å². The minimum Gasteiger partial charge on any atom is -0.456 e. The average Bonchev–Trinajstić information content (AvgIpc) is 2.87. The van der Waals surface area contributed by atoms with Crippen LogP contribution in [-0.2, 0) is 14.0 Å².